The molecule has 9 atom stereocenters. The number of thioether (sulfide) groups is 1. The lowest BCUT2D eigenvalue weighted by molar-refractivity contribution is -0.159. The number of ether oxygens (including phenoxy) is 6. The lowest BCUT2D eigenvalue weighted by Crippen LogP contribution is -2.58. The Hall–Kier alpha value is -13.1. The smallest absolute Gasteiger partial charge is 0.328 e. The van der Waals surface area contributed by atoms with E-state index in [0.29, 0.717) is 0 Å². The summed E-state index contributed by atoms with van der Waals surface area (Å²) in [6.45, 7) is 13.6. The van der Waals surface area contributed by atoms with Crippen LogP contribution in [0.2, 0.25) is 0 Å². The van der Waals surface area contributed by atoms with Crippen molar-refractivity contribution < 1.29 is 140 Å². The first-order valence-corrected chi connectivity index (χ1v) is 45.4. The van der Waals surface area contributed by atoms with Crippen molar-refractivity contribution in [2.75, 3.05) is 52.2 Å². The number of hydrazine groups is 3. The first-order chi connectivity index (χ1) is 64.7. The molecule has 0 bridgehead atoms. The molecule has 748 valence electrons. The number of carbonyl (C=O) groups is 19. The van der Waals surface area contributed by atoms with E-state index in [1.807, 2.05) is 121 Å². The quantitative estimate of drug-likeness (QED) is 0.00736. The standard InChI is InChI=1S/C52H72N10O21S2.C41H52N2O8S/c1-29(44(72)61-58-33(20-22-39(63)64)47(75)56-37(27-84)49(77)54-35(24-41(67)68)51(79)82-3)12-10-17-32(45(73)60-53-26-43(71)81-2)19-11-18-31(16-9-8-15-30-13-6-5-7-14-30)46(74)62-59-34(21-23-40(65)66)48(76)57-38(28-85)50(78)55-36(25-42(69)70)52(80)83-4;1-39(2,3)50-35(45)24-23-32(42)34(44)25-28(37(47)43-33(38(48)49-7)26-36(46)51-40(4,5)6)27-52-41(29-17-11-8-12-18-29,30-19-13-9-14-20-30)31-21-15-10-16-22-31/h5-8,13-15,17-18,33-38,53,58-59,84-85H,1,9-12,16,19-28H2,2-4H3,(H,54,77)(H,55,78)(H,56,75)(H,57,76)(H,60,73)(H,61,72)(H,62,74)(H,63,64)(H,65,66)(H,67,68)(H,69,70);8-22,28,32-33H,23-27,42H2,1-7H3,(H,43,47)/b15-8?,31-18+,32-17+;/t33-,34-,35-,36-,37?,38?;28-,32-,33-/m00/s1. The highest BCUT2D eigenvalue weighted by molar-refractivity contribution is 8.00. The van der Waals surface area contributed by atoms with Crippen LogP contribution in [0.4, 0.5) is 0 Å². The Balaban J connectivity index is 0.000000789. The third kappa shape index (κ3) is 45.4. The molecule has 0 heterocycles. The maximum absolute atomic E-state index is 14.2. The maximum Gasteiger partial charge on any atom is 0.328 e. The van der Waals surface area contributed by atoms with Gasteiger partial charge in [0.2, 0.25) is 29.5 Å². The number of amides is 8. The van der Waals surface area contributed by atoms with E-state index in [-0.39, 0.29) is 91.8 Å². The highest BCUT2D eigenvalue weighted by Crippen LogP contribution is 2.49. The van der Waals surface area contributed by atoms with Gasteiger partial charge in [0.15, 0.2) is 0 Å². The van der Waals surface area contributed by atoms with E-state index in [0.717, 1.165) is 50.7 Å². The molecule has 0 fully saturated rings. The molecule has 8 amide bonds. The Labute approximate surface area is 808 Å². The number of hydrogen-bond donors (Lipinski definition) is 18. The fourth-order valence-corrected chi connectivity index (χ4v) is 14.7. The number of Topliss-reactive ketones (excluding diaryl/α,β-unsaturated/α-hetero) is 1. The number of nitrogens with one attached hydrogen (secondary N) is 11. The lowest BCUT2D eigenvalue weighted by Gasteiger charge is -2.36. The number of thiol groups is 2. The Morgan fingerprint density at radius 3 is 1.20 bits per heavy atom. The molecule has 4 aromatic carbocycles. The summed E-state index contributed by atoms with van der Waals surface area (Å²) in [6, 6.07) is 27.1. The first kappa shape index (κ1) is 118. The third-order valence-electron chi connectivity index (χ3n) is 19.5. The summed E-state index contributed by atoms with van der Waals surface area (Å²) in [5.41, 5.74) is 22.8. The Kier molecular flexibility index (Phi) is 53.2. The van der Waals surface area contributed by atoms with E-state index < -0.39 is 234 Å². The van der Waals surface area contributed by atoms with Crippen LogP contribution in [0.3, 0.4) is 0 Å². The summed E-state index contributed by atoms with van der Waals surface area (Å²) in [5, 5.41) is 48.8. The molecular formula is C93H124N12O29S3. The number of rotatable bonds is 59. The van der Waals surface area contributed by atoms with Crippen LogP contribution in [-0.4, -0.2) is 245 Å². The average molecular weight is 1970 g/mol. The SMILES string of the molecule is C=C(CC/C=C(\CC/C=C(\CCC=Cc1ccccc1)C(=O)NN[C@@H](CCC(=O)O)C(=O)NC(CS)C(=O)N[C@@H](CC(=O)O)C(=O)OC)C(=O)NNCC(=O)OC)C(=O)NN[C@@H](CCC(=O)O)C(=O)NC(CS)C(=O)N[C@@H](CC(=O)O)C(=O)OC.COC(=O)[C@H](CC(=O)OC(C)(C)C)NC(=O)[C@H](CSC(c1ccccc1)(c1ccccc1)c1ccccc1)CC(=O)[C@@H](N)CCC(=O)OC(C)(C)C. The van der Waals surface area contributed by atoms with Gasteiger partial charge in [-0.15, -0.1) is 11.8 Å². The maximum atomic E-state index is 14.2. The van der Waals surface area contributed by atoms with Crippen LogP contribution in [0.15, 0.2) is 163 Å². The van der Waals surface area contributed by atoms with Crippen LogP contribution in [0.5, 0.6) is 0 Å². The van der Waals surface area contributed by atoms with Crippen molar-refractivity contribution in [3.8, 4) is 0 Å². The van der Waals surface area contributed by atoms with Crippen LogP contribution in [0.1, 0.15) is 167 Å². The Morgan fingerprint density at radius 1 is 0.416 bits per heavy atom. The summed E-state index contributed by atoms with van der Waals surface area (Å²) < 4.78 is 28.5. The molecule has 0 aliphatic rings. The summed E-state index contributed by atoms with van der Waals surface area (Å²) in [6.07, 6.45) is 1.93. The number of ketones is 1. The van der Waals surface area contributed by atoms with E-state index >= 15 is 0 Å². The third-order valence-corrected chi connectivity index (χ3v) is 21.9. The molecule has 0 saturated heterocycles. The number of hydrogen-bond acceptors (Lipinski definition) is 32. The van der Waals surface area contributed by atoms with Crippen molar-refractivity contribution in [2.24, 2.45) is 11.7 Å². The number of nitrogens with two attached hydrogens (primary N) is 1. The van der Waals surface area contributed by atoms with Gasteiger partial charge in [0.05, 0.1) is 64.4 Å². The number of carboxylic acids is 4. The van der Waals surface area contributed by atoms with Gasteiger partial charge in [-0.2, -0.15) is 25.3 Å². The molecule has 0 aliphatic carbocycles. The monoisotopic (exact) mass is 1970 g/mol. The highest BCUT2D eigenvalue weighted by Gasteiger charge is 2.41. The largest absolute Gasteiger partial charge is 0.481 e. The average Bonchev–Trinajstić information content (AvgIpc) is 0.754. The van der Waals surface area contributed by atoms with Gasteiger partial charge < -0.3 is 81.2 Å². The summed E-state index contributed by atoms with van der Waals surface area (Å²) in [5.74, 6) is -19.8. The Bertz CT molecular complexity index is 4770. The molecule has 17 N–H and O–H groups in total. The Morgan fingerprint density at radius 2 is 0.796 bits per heavy atom. The second kappa shape index (κ2) is 61.8. The van der Waals surface area contributed by atoms with E-state index in [1.54, 1.807) is 53.7 Å². The number of carbonyl (C=O) groups excluding carboxylic acids is 15. The van der Waals surface area contributed by atoms with E-state index in [2.05, 4.69) is 105 Å². The van der Waals surface area contributed by atoms with E-state index in [9.17, 15) is 106 Å². The highest BCUT2D eigenvalue weighted by atomic mass is 32.2. The molecule has 41 nitrogen and oxygen atoms in total. The zero-order valence-electron chi connectivity index (χ0n) is 77.8. The predicted molar refractivity (Wildman–Crippen MR) is 507 cm³/mol. The molecule has 0 aromatic heterocycles. The minimum atomic E-state index is -1.64. The first-order valence-electron chi connectivity index (χ1n) is 43.1. The zero-order chi connectivity index (χ0) is 103. The number of esters is 6. The number of carboxylic acid groups (broad SMARTS) is 4. The molecular weight excluding hydrogens is 1850 g/mol. The number of methoxy groups -OCH3 is 4. The topological polar surface area (TPSA) is 619 Å². The van der Waals surface area contributed by atoms with Crippen LogP contribution >= 0.6 is 37.0 Å². The second-order valence-corrected chi connectivity index (χ2v) is 34.4. The van der Waals surface area contributed by atoms with Gasteiger partial charge in [-0.1, -0.05) is 152 Å². The van der Waals surface area contributed by atoms with Gasteiger partial charge >= 0.3 is 59.7 Å². The minimum absolute atomic E-state index is 0.0212. The van der Waals surface area contributed by atoms with Gasteiger partial charge in [-0.05, 0) is 122 Å². The van der Waals surface area contributed by atoms with Gasteiger partial charge in [0.1, 0.15) is 65.8 Å². The molecule has 0 saturated carbocycles. The van der Waals surface area contributed by atoms with Gasteiger partial charge in [0, 0.05) is 59.7 Å². The molecule has 0 aliphatic heterocycles. The van der Waals surface area contributed by atoms with E-state index in [1.165, 1.54) is 23.9 Å². The second-order valence-electron chi connectivity index (χ2n) is 32.5. The number of allylic oxidation sites excluding steroid dienone is 3. The molecule has 0 spiro atoms. The van der Waals surface area contributed by atoms with Crippen molar-refractivity contribution in [3.63, 3.8) is 0 Å². The minimum Gasteiger partial charge on any atom is -0.481 e. The molecule has 0 radical (unpaired) electrons. The molecule has 137 heavy (non-hydrogen) atoms. The number of aliphatic carboxylic acids is 4. The molecule has 4 rings (SSSR count). The fraction of sp³-hybridized carbons (Fsp3) is 0.452. The fourth-order valence-electron chi connectivity index (χ4n) is 12.6. The normalized spacial score (nSPS) is 13.5. The van der Waals surface area contributed by atoms with Crippen molar-refractivity contribution >= 4 is 156 Å². The lowest BCUT2D eigenvalue weighted by atomic mass is 9.84. The van der Waals surface area contributed by atoms with E-state index in [4.69, 9.17) is 25.1 Å². The van der Waals surface area contributed by atoms with Crippen molar-refractivity contribution in [1.29, 1.82) is 0 Å². The summed E-state index contributed by atoms with van der Waals surface area (Å²) >= 11 is 9.59. The van der Waals surface area contributed by atoms with Crippen LogP contribution in [0.25, 0.3) is 6.08 Å². The number of benzene rings is 4. The van der Waals surface area contributed by atoms with Crippen LogP contribution in [-0.2, 0) is 124 Å². The molecule has 4 aromatic rings. The van der Waals surface area contributed by atoms with Crippen molar-refractivity contribution in [3.05, 3.63) is 185 Å². The zero-order valence-corrected chi connectivity index (χ0v) is 80.4. The van der Waals surface area contributed by atoms with Gasteiger partial charge in [-0.25, -0.2) is 30.7 Å². The predicted octanol–water partition coefficient (Wildman–Crippen LogP) is 4.17. The van der Waals surface area contributed by atoms with Crippen LogP contribution < -0.4 is 64.9 Å². The molecule has 2 unspecified atom stereocenters. The van der Waals surface area contributed by atoms with Gasteiger partial charge in [-0.3, -0.25) is 93.0 Å². The van der Waals surface area contributed by atoms with Crippen LogP contribution in [0, 0.1) is 5.92 Å². The van der Waals surface area contributed by atoms with Gasteiger partial charge in [0.25, 0.3) is 17.7 Å². The summed E-state index contributed by atoms with van der Waals surface area (Å²) in [4.78, 5) is 241. The van der Waals surface area contributed by atoms with Crippen molar-refractivity contribution in [2.45, 2.75) is 209 Å². The molecule has 44 heteroatoms. The van der Waals surface area contributed by atoms with Crippen molar-refractivity contribution in [1.82, 2.24) is 59.1 Å². The summed E-state index contributed by atoms with van der Waals surface area (Å²) in [7, 11) is 4.20.